The van der Waals surface area contributed by atoms with Crippen molar-refractivity contribution in [3.05, 3.63) is 11.9 Å². The number of rotatable bonds is 6. The minimum Gasteiger partial charge on any atom is -0.370 e. The predicted octanol–water partition coefficient (Wildman–Crippen LogP) is 0.150. The Morgan fingerprint density at radius 1 is 1.25 bits per heavy atom. The Kier molecular flexibility index (Phi) is 5.26. The molecular weight excluding hydrogens is 280 g/mol. The van der Waals surface area contributed by atoms with Crippen LogP contribution in [0.15, 0.2) is 6.07 Å². The molecule has 0 radical (unpaired) electrons. The van der Waals surface area contributed by atoms with Gasteiger partial charge in [0.1, 0.15) is 17.5 Å². The monoisotopic (exact) mass is 302 g/mol. The fraction of sp³-hybridized carbons (Fsp3) is 0.636. The topological polar surface area (TPSA) is 136 Å². The van der Waals surface area contributed by atoms with Crippen LogP contribution in [0.2, 0.25) is 0 Å². The zero-order valence-corrected chi connectivity index (χ0v) is 12.8. The zero-order chi connectivity index (χ0) is 15.4. The van der Waals surface area contributed by atoms with Crippen molar-refractivity contribution >= 4 is 21.7 Å². The molecule has 1 aromatic heterocycles. The van der Waals surface area contributed by atoms with Crippen LogP contribution in [0.1, 0.15) is 33.0 Å². The van der Waals surface area contributed by atoms with Crippen LogP contribution in [0.5, 0.6) is 0 Å². The van der Waals surface area contributed by atoms with Gasteiger partial charge in [-0.05, 0) is 6.42 Å². The molecule has 9 heteroatoms. The van der Waals surface area contributed by atoms with E-state index in [9.17, 15) is 8.42 Å². The average molecular weight is 302 g/mol. The van der Waals surface area contributed by atoms with Gasteiger partial charge in [0.15, 0.2) is 0 Å². The van der Waals surface area contributed by atoms with Crippen LogP contribution in [0.4, 0.5) is 11.6 Å². The van der Waals surface area contributed by atoms with Crippen molar-refractivity contribution in [2.45, 2.75) is 32.6 Å². The molecule has 20 heavy (non-hydrogen) atoms. The van der Waals surface area contributed by atoms with Crippen LogP contribution in [-0.4, -0.2) is 30.7 Å². The third-order valence-corrected chi connectivity index (χ3v) is 3.31. The van der Waals surface area contributed by atoms with Gasteiger partial charge in [-0.15, -0.1) is 0 Å². The van der Waals surface area contributed by atoms with E-state index in [2.05, 4.69) is 20.7 Å². The molecule has 0 aliphatic rings. The van der Waals surface area contributed by atoms with E-state index >= 15 is 0 Å². The first-order valence-corrected chi connectivity index (χ1v) is 7.94. The molecule has 1 rings (SSSR count). The highest BCUT2D eigenvalue weighted by molar-refractivity contribution is 7.89. The van der Waals surface area contributed by atoms with E-state index in [1.165, 1.54) is 0 Å². The summed E-state index contributed by atoms with van der Waals surface area (Å²) in [5.74, 6) is 7.04. The van der Waals surface area contributed by atoms with Gasteiger partial charge in [0.05, 0.1) is 5.75 Å². The quantitative estimate of drug-likeness (QED) is 0.333. The summed E-state index contributed by atoms with van der Waals surface area (Å²) in [7, 11) is -3.43. The van der Waals surface area contributed by atoms with Crippen LogP contribution >= 0.6 is 0 Å². The lowest BCUT2D eigenvalue weighted by atomic mass is 9.96. The molecule has 0 fully saturated rings. The number of nitrogens with two attached hydrogens (primary N) is 2. The fourth-order valence-corrected chi connectivity index (χ4v) is 1.98. The molecule has 0 aromatic carbocycles. The van der Waals surface area contributed by atoms with Crippen LogP contribution < -0.4 is 21.7 Å². The molecular formula is C11H22N6O2S. The Morgan fingerprint density at radius 3 is 2.35 bits per heavy atom. The second-order valence-corrected chi connectivity index (χ2v) is 7.24. The van der Waals surface area contributed by atoms with E-state index in [1.54, 1.807) is 6.07 Å². The highest BCUT2D eigenvalue weighted by Crippen LogP contribution is 2.21. The average Bonchev–Trinajstić information content (AvgIpc) is 2.32. The molecule has 0 aliphatic carbocycles. The molecule has 0 bridgehead atoms. The number of anilines is 2. The Bertz CT molecular complexity index is 553. The highest BCUT2D eigenvalue weighted by atomic mass is 32.2. The number of hydrazine groups is 1. The largest absolute Gasteiger partial charge is 0.370 e. The first-order valence-electron chi connectivity index (χ1n) is 6.22. The van der Waals surface area contributed by atoms with E-state index in [1.807, 2.05) is 20.8 Å². The number of nitrogens with one attached hydrogen (secondary N) is 2. The van der Waals surface area contributed by atoms with Crippen molar-refractivity contribution in [3.63, 3.8) is 0 Å². The first-order chi connectivity index (χ1) is 9.12. The number of nitrogens with zero attached hydrogens (tertiary/aromatic N) is 2. The van der Waals surface area contributed by atoms with E-state index in [-0.39, 0.29) is 11.2 Å². The Labute approximate surface area is 119 Å². The molecule has 0 saturated heterocycles. The number of primary sulfonamides is 1. The van der Waals surface area contributed by atoms with Crippen molar-refractivity contribution in [1.82, 2.24) is 9.97 Å². The molecule has 0 saturated carbocycles. The second-order valence-electron chi connectivity index (χ2n) is 5.50. The lowest BCUT2D eigenvalue weighted by Crippen LogP contribution is -2.21. The summed E-state index contributed by atoms with van der Waals surface area (Å²) >= 11 is 0. The first kappa shape index (κ1) is 16.6. The van der Waals surface area contributed by atoms with E-state index in [0.717, 1.165) is 0 Å². The van der Waals surface area contributed by atoms with E-state index in [4.69, 9.17) is 11.0 Å². The van der Waals surface area contributed by atoms with Crippen LogP contribution in [0.25, 0.3) is 0 Å². The molecule has 114 valence electrons. The Hall–Kier alpha value is -1.45. The Morgan fingerprint density at radius 2 is 1.85 bits per heavy atom. The summed E-state index contributed by atoms with van der Waals surface area (Å²) in [6, 6.07) is 1.66. The summed E-state index contributed by atoms with van der Waals surface area (Å²) in [5, 5.41) is 7.97. The minimum atomic E-state index is -3.43. The van der Waals surface area contributed by atoms with Gasteiger partial charge in [0, 0.05) is 18.0 Å². The summed E-state index contributed by atoms with van der Waals surface area (Å²) in [6.07, 6.45) is 0.402. The van der Waals surface area contributed by atoms with Crippen molar-refractivity contribution < 1.29 is 8.42 Å². The maximum absolute atomic E-state index is 10.8. The molecule has 1 heterocycles. The van der Waals surface area contributed by atoms with Gasteiger partial charge in [-0.2, -0.15) is 0 Å². The third-order valence-electron chi connectivity index (χ3n) is 2.46. The van der Waals surface area contributed by atoms with Gasteiger partial charge < -0.3 is 10.7 Å². The number of aromatic nitrogens is 2. The molecule has 8 nitrogen and oxygen atoms in total. The van der Waals surface area contributed by atoms with Gasteiger partial charge in [-0.25, -0.2) is 29.4 Å². The highest BCUT2D eigenvalue weighted by Gasteiger charge is 2.19. The van der Waals surface area contributed by atoms with E-state index < -0.39 is 10.0 Å². The third kappa shape index (κ3) is 5.68. The molecule has 0 unspecified atom stereocenters. The smallest absolute Gasteiger partial charge is 0.209 e. The minimum absolute atomic E-state index is 0.0702. The molecule has 6 N–H and O–H groups in total. The molecule has 0 spiro atoms. The molecule has 0 atom stereocenters. The van der Waals surface area contributed by atoms with E-state index in [0.29, 0.717) is 30.4 Å². The predicted molar refractivity (Wildman–Crippen MR) is 79.6 cm³/mol. The fourth-order valence-electron chi connectivity index (χ4n) is 1.44. The summed E-state index contributed by atoms with van der Waals surface area (Å²) in [6.45, 7) is 6.43. The van der Waals surface area contributed by atoms with Crippen LogP contribution in [0.3, 0.4) is 0 Å². The maximum atomic E-state index is 10.8. The summed E-state index contributed by atoms with van der Waals surface area (Å²) in [5.41, 5.74) is 2.27. The number of sulfonamides is 1. The maximum Gasteiger partial charge on any atom is 0.209 e. The zero-order valence-electron chi connectivity index (χ0n) is 12.0. The SMILES string of the molecule is CC(C)(C)c1nc(NN)cc(NCCCS(N)(=O)=O)n1. The van der Waals surface area contributed by atoms with Gasteiger partial charge >= 0.3 is 0 Å². The van der Waals surface area contributed by atoms with Gasteiger partial charge in [0.25, 0.3) is 0 Å². The second kappa shape index (κ2) is 6.33. The van der Waals surface area contributed by atoms with Gasteiger partial charge in [0.2, 0.25) is 10.0 Å². The van der Waals surface area contributed by atoms with Gasteiger partial charge in [-0.1, -0.05) is 20.8 Å². The molecule has 0 aliphatic heterocycles. The van der Waals surface area contributed by atoms with Crippen molar-refractivity contribution in [1.29, 1.82) is 0 Å². The van der Waals surface area contributed by atoms with Gasteiger partial charge in [-0.3, -0.25) is 0 Å². The van der Waals surface area contributed by atoms with Crippen molar-refractivity contribution in [2.75, 3.05) is 23.0 Å². The van der Waals surface area contributed by atoms with Crippen LogP contribution in [-0.2, 0) is 15.4 Å². The molecule has 0 amide bonds. The van der Waals surface area contributed by atoms with Crippen molar-refractivity contribution in [3.8, 4) is 0 Å². The van der Waals surface area contributed by atoms with Crippen molar-refractivity contribution in [2.24, 2.45) is 11.0 Å². The number of hydrogen-bond acceptors (Lipinski definition) is 7. The molecule has 1 aromatic rings. The van der Waals surface area contributed by atoms with Crippen LogP contribution in [0, 0.1) is 0 Å². The Balaban J connectivity index is 2.75. The lowest BCUT2D eigenvalue weighted by molar-refractivity contribution is 0.546. The normalized spacial score (nSPS) is 12.2. The standard InChI is InChI=1S/C11H22N6O2S/c1-11(2,3)10-15-8(7-9(16-10)17-12)14-5-4-6-20(13,18)19/h7H,4-6,12H2,1-3H3,(H2,13,18,19)(H2,14,15,16,17). The lowest BCUT2D eigenvalue weighted by Gasteiger charge is -2.18. The number of nitrogen functional groups attached to an aromatic ring is 1. The number of hydrogen-bond donors (Lipinski definition) is 4. The summed E-state index contributed by atoms with van der Waals surface area (Å²) in [4.78, 5) is 8.68. The summed E-state index contributed by atoms with van der Waals surface area (Å²) < 4.78 is 21.7.